The molecule has 0 aromatic carbocycles. The maximum atomic E-state index is 4.90. The van der Waals surface area contributed by atoms with Crippen LogP contribution < -0.4 is 4.90 Å². The van der Waals surface area contributed by atoms with E-state index >= 15 is 0 Å². The summed E-state index contributed by atoms with van der Waals surface area (Å²) in [4.78, 5) is 11.9. The maximum Gasteiger partial charge on any atom is 0.252 e. The van der Waals surface area contributed by atoms with Gasteiger partial charge in [0.2, 0.25) is 0 Å². The number of fused-ring (bicyclic) bond motifs is 3. The third kappa shape index (κ3) is 2.16. The van der Waals surface area contributed by atoms with Gasteiger partial charge in [0.05, 0.1) is 12.2 Å². The number of anilines is 1. The molecule has 0 saturated heterocycles. The predicted octanol–water partition coefficient (Wildman–Crippen LogP) is 2.46. The summed E-state index contributed by atoms with van der Waals surface area (Å²) in [6.07, 6.45) is 13.1. The Morgan fingerprint density at radius 2 is 2.12 bits per heavy atom. The molecule has 4 heterocycles. The number of hydrogen-bond acceptors (Lipinski definition) is 6. The molecule has 1 fully saturated rings. The topological polar surface area (TPSA) is 77.5 Å². The van der Waals surface area contributed by atoms with Gasteiger partial charge in [0.15, 0.2) is 11.6 Å². The molecule has 2 aliphatic rings. The average Bonchev–Trinajstić information content (AvgIpc) is 3.42. The molecule has 25 heavy (non-hydrogen) atoms. The zero-order chi connectivity index (χ0) is 16.8. The first-order valence-electron chi connectivity index (χ1n) is 8.92. The Kier molecular flexibility index (Phi) is 3.29. The van der Waals surface area contributed by atoms with Crippen LogP contribution >= 0.6 is 0 Å². The van der Waals surface area contributed by atoms with E-state index in [-0.39, 0.29) is 6.04 Å². The first-order chi connectivity index (χ1) is 12.4. The summed E-state index contributed by atoms with van der Waals surface area (Å²) >= 11 is 0. The second kappa shape index (κ2) is 5.65. The van der Waals surface area contributed by atoms with Gasteiger partial charge in [-0.2, -0.15) is 10.1 Å². The van der Waals surface area contributed by atoms with Crippen LogP contribution in [0, 0.1) is 0 Å². The van der Waals surface area contributed by atoms with Crippen molar-refractivity contribution in [1.29, 1.82) is 0 Å². The first-order valence-corrected chi connectivity index (χ1v) is 8.92. The summed E-state index contributed by atoms with van der Waals surface area (Å²) in [6, 6.07) is 2.57. The zero-order valence-corrected chi connectivity index (χ0v) is 14.2. The number of hydrogen-bond donors (Lipinski definition) is 0. The SMILES string of the molecule is CC[C@@H]1c2nncn2-c2cnc(-n3cccn3)nc2N1C1CCCC1. The summed E-state index contributed by atoms with van der Waals surface area (Å²) in [6.45, 7) is 2.20. The van der Waals surface area contributed by atoms with Crippen LogP contribution in [0.2, 0.25) is 0 Å². The van der Waals surface area contributed by atoms with Crippen molar-refractivity contribution in [1.82, 2.24) is 34.5 Å². The van der Waals surface area contributed by atoms with Crippen molar-refractivity contribution < 1.29 is 0 Å². The minimum absolute atomic E-state index is 0.193. The van der Waals surface area contributed by atoms with Crippen molar-refractivity contribution >= 4 is 5.82 Å². The summed E-state index contributed by atoms with van der Waals surface area (Å²) in [5, 5.41) is 12.8. The molecule has 1 atom stereocenters. The molecule has 1 aliphatic carbocycles. The molecule has 0 amide bonds. The lowest BCUT2D eigenvalue weighted by atomic mass is 10.0. The van der Waals surface area contributed by atoms with Crippen molar-refractivity contribution in [2.45, 2.75) is 51.1 Å². The highest BCUT2D eigenvalue weighted by atomic mass is 15.4. The highest BCUT2D eigenvalue weighted by molar-refractivity contribution is 5.62. The number of rotatable bonds is 3. The van der Waals surface area contributed by atoms with Crippen molar-refractivity contribution in [3.05, 3.63) is 36.8 Å². The Morgan fingerprint density at radius 3 is 2.88 bits per heavy atom. The van der Waals surface area contributed by atoms with Crippen LogP contribution in [0.4, 0.5) is 5.82 Å². The molecule has 0 spiro atoms. The molecule has 8 nitrogen and oxygen atoms in total. The fraction of sp³-hybridized carbons (Fsp3) is 0.471. The molecule has 1 saturated carbocycles. The van der Waals surface area contributed by atoms with E-state index in [0.717, 1.165) is 23.8 Å². The van der Waals surface area contributed by atoms with Gasteiger partial charge in [-0.15, -0.1) is 10.2 Å². The normalized spacial score (nSPS) is 19.9. The lowest BCUT2D eigenvalue weighted by molar-refractivity contribution is 0.468. The van der Waals surface area contributed by atoms with E-state index in [0.29, 0.717) is 12.0 Å². The van der Waals surface area contributed by atoms with Gasteiger partial charge in [-0.3, -0.25) is 4.57 Å². The third-order valence-corrected chi connectivity index (χ3v) is 5.26. The lowest BCUT2D eigenvalue weighted by Crippen LogP contribution is -2.42. The molecule has 0 radical (unpaired) electrons. The summed E-state index contributed by atoms with van der Waals surface area (Å²) in [7, 11) is 0. The van der Waals surface area contributed by atoms with Gasteiger partial charge >= 0.3 is 0 Å². The van der Waals surface area contributed by atoms with Gasteiger partial charge in [0, 0.05) is 18.4 Å². The highest BCUT2D eigenvalue weighted by Gasteiger charge is 2.38. The fourth-order valence-electron chi connectivity index (χ4n) is 4.13. The Bertz CT molecular complexity index is 878. The Balaban J connectivity index is 1.70. The van der Waals surface area contributed by atoms with Gasteiger partial charge in [-0.05, 0) is 25.3 Å². The molecule has 0 bridgehead atoms. The van der Waals surface area contributed by atoms with Crippen LogP contribution in [0.1, 0.15) is 50.9 Å². The lowest BCUT2D eigenvalue weighted by Gasteiger charge is -2.40. The van der Waals surface area contributed by atoms with Crippen molar-refractivity contribution in [3.63, 3.8) is 0 Å². The largest absolute Gasteiger partial charge is 0.341 e. The Hall–Kier alpha value is -2.77. The van der Waals surface area contributed by atoms with Gasteiger partial charge in [-0.25, -0.2) is 9.67 Å². The fourth-order valence-corrected chi connectivity index (χ4v) is 4.13. The van der Waals surface area contributed by atoms with Crippen LogP contribution in [-0.4, -0.2) is 40.6 Å². The maximum absolute atomic E-state index is 4.90. The molecule has 0 unspecified atom stereocenters. The quantitative estimate of drug-likeness (QED) is 0.731. The van der Waals surface area contributed by atoms with Gasteiger partial charge in [-0.1, -0.05) is 19.8 Å². The van der Waals surface area contributed by atoms with E-state index in [2.05, 4.69) is 32.1 Å². The number of nitrogens with zero attached hydrogens (tertiary/aromatic N) is 8. The van der Waals surface area contributed by atoms with Crippen molar-refractivity contribution in [3.8, 4) is 11.6 Å². The third-order valence-electron chi connectivity index (χ3n) is 5.26. The van der Waals surface area contributed by atoms with Crippen molar-refractivity contribution in [2.24, 2.45) is 0 Å². The van der Waals surface area contributed by atoms with Crippen LogP contribution in [0.5, 0.6) is 0 Å². The standard InChI is InChI=1S/C17H20N8/c1-2-13-16-22-19-11-23(16)14-10-18-17(24-9-5-8-20-24)21-15(14)25(13)12-6-3-4-7-12/h5,8-13H,2-4,6-7H2,1H3/t13-/m1/s1. The molecule has 128 valence electrons. The van der Waals surface area contributed by atoms with Crippen molar-refractivity contribution in [2.75, 3.05) is 4.90 Å². The number of aromatic nitrogens is 7. The van der Waals surface area contributed by atoms with E-state index in [9.17, 15) is 0 Å². The summed E-state index contributed by atoms with van der Waals surface area (Å²) in [5.41, 5.74) is 0.951. The van der Waals surface area contributed by atoms with Crippen LogP contribution in [-0.2, 0) is 0 Å². The van der Waals surface area contributed by atoms with Crippen LogP contribution in [0.15, 0.2) is 31.0 Å². The molecule has 3 aromatic heterocycles. The van der Waals surface area contributed by atoms with E-state index in [1.165, 1.54) is 25.7 Å². The highest BCUT2D eigenvalue weighted by Crippen LogP contribution is 2.42. The molecule has 3 aromatic rings. The van der Waals surface area contributed by atoms with E-state index in [1.807, 2.05) is 23.0 Å². The van der Waals surface area contributed by atoms with Crippen LogP contribution in [0.3, 0.4) is 0 Å². The second-order valence-electron chi connectivity index (χ2n) is 6.66. The van der Waals surface area contributed by atoms with Gasteiger partial charge in [0.25, 0.3) is 5.95 Å². The molecular weight excluding hydrogens is 316 g/mol. The van der Waals surface area contributed by atoms with E-state index in [4.69, 9.17) is 4.98 Å². The van der Waals surface area contributed by atoms with E-state index in [1.54, 1.807) is 17.2 Å². The molecular formula is C17H20N8. The summed E-state index contributed by atoms with van der Waals surface area (Å²) < 4.78 is 3.73. The first kappa shape index (κ1) is 14.6. The minimum Gasteiger partial charge on any atom is -0.341 e. The molecule has 1 aliphatic heterocycles. The molecule has 5 rings (SSSR count). The monoisotopic (exact) mass is 336 g/mol. The zero-order valence-electron chi connectivity index (χ0n) is 14.2. The second-order valence-corrected chi connectivity index (χ2v) is 6.66. The molecule has 8 heteroatoms. The average molecular weight is 336 g/mol. The summed E-state index contributed by atoms with van der Waals surface area (Å²) in [5.74, 6) is 2.54. The molecule has 0 N–H and O–H groups in total. The van der Waals surface area contributed by atoms with Crippen LogP contribution in [0.25, 0.3) is 11.6 Å². The smallest absolute Gasteiger partial charge is 0.252 e. The minimum atomic E-state index is 0.193. The Labute approximate surface area is 145 Å². The Morgan fingerprint density at radius 1 is 1.24 bits per heavy atom. The van der Waals surface area contributed by atoms with E-state index < -0.39 is 0 Å². The van der Waals surface area contributed by atoms with Gasteiger partial charge < -0.3 is 4.90 Å². The van der Waals surface area contributed by atoms with Gasteiger partial charge in [0.1, 0.15) is 12.0 Å². The predicted molar refractivity (Wildman–Crippen MR) is 91.8 cm³/mol.